The molecule has 0 radical (unpaired) electrons. The lowest BCUT2D eigenvalue weighted by atomic mass is 9.32. The summed E-state index contributed by atoms with van der Waals surface area (Å²) < 4.78 is 14.3. The predicted octanol–water partition coefficient (Wildman–Crippen LogP) is 9.65. The van der Waals surface area contributed by atoms with Gasteiger partial charge in [-0.1, -0.05) is 70.5 Å². The molecule has 0 amide bonds. The number of aryl methyl sites for hydroxylation is 2. The minimum atomic E-state index is -1.27. The van der Waals surface area contributed by atoms with Crippen LogP contribution in [0, 0.1) is 51.8 Å². The van der Waals surface area contributed by atoms with Gasteiger partial charge in [0.15, 0.2) is 5.78 Å². The van der Waals surface area contributed by atoms with Crippen molar-refractivity contribution >= 4 is 22.6 Å². The fourth-order valence-corrected chi connectivity index (χ4v) is 16.7. The lowest BCUT2D eigenvalue weighted by Gasteiger charge is -2.72. The summed E-state index contributed by atoms with van der Waals surface area (Å²) in [6, 6.07) is 7.12. The number of hydrogen-bond donors (Lipinski definition) is 3. The van der Waals surface area contributed by atoms with Crippen LogP contribution in [0.3, 0.4) is 0 Å². The third kappa shape index (κ3) is 5.57. The normalized spacial score (nSPS) is 40.0. The van der Waals surface area contributed by atoms with Crippen LogP contribution in [0.4, 0.5) is 0 Å². The van der Waals surface area contributed by atoms with Gasteiger partial charge >= 0.3 is 0 Å². The standard InChI is InChI=1S/C54H70N2O6/c1-31-22-32(24-35(23-31)33-13-20-61-21-14-33)25-36-29-56-30-37-42-43(50(6,26-39(58)46-49(4,5)62-46)17-10-34-28-55-44(36)45(34)56)38(57)27-53(42)15-9-16-54(37,60)47-51(7)18-12-41(59)48(2,3)40(51)11-19-52(47,53)8/h9,16,22-24,28-29,33,37,39-40,46-47,55,58,60H,10-15,17-21,25-27,30H2,1-8H3/t37-,39-,40+,46-,47-,50+,51-,52+,53+,54-/m1/s1. The van der Waals surface area contributed by atoms with Gasteiger partial charge in [0.05, 0.1) is 28.3 Å². The predicted molar refractivity (Wildman–Crippen MR) is 241 cm³/mol. The molecule has 5 heterocycles. The van der Waals surface area contributed by atoms with Crippen LogP contribution in [0.2, 0.25) is 0 Å². The summed E-state index contributed by atoms with van der Waals surface area (Å²) in [4.78, 5) is 33.0. The number of fused-ring (bicyclic) bond motifs is 2. The zero-order chi connectivity index (χ0) is 43.6. The number of aromatic nitrogens is 2. The molecule has 0 unspecified atom stereocenters. The zero-order valence-corrected chi connectivity index (χ0v) is 38.6. The molecule has 5 fully saturated rings. The van der Waals surface area contributed by atoms with E-state index in [1.165, 1.54) is 38.9 Å². The van der Waals surface area contributed by atoms with Crippen molar-refractivity contribution in [3.8, 4) is 0 Å². The van der Waals surface area contributed by atoms with Gasteiger partial charge in [-0.05, 0) is 134 Å². The van der Waals surface area contributed by atoms with E-state index in [4.69, 9.17) is 9.47 Å². The second-order valence-electron chi connectivity index (χ2n) is 23.7. The van der Waals surface area contributed by atoms with Crippen molar-refractivity contribution in [1.82, 2.24) is 9.55 Å². The number of rotatable bonds is 6. The lowest BCUT2D eigenvalue weighted by Crippen LogP contribution is -2.71. The molecule has 3 saturated carbocycles. The summed E-state index contributed by atoms with van der Waals surface area (Å²) >= 11 is 0. The molecule has 3 N–H and O–H groups in total. The summed E-state index contributed by atoms with van der Waals surface area (Å²) in [5.41, 5.74) is 6.90. The Morgan fingerprint density at radius 2 is 1.73 bits per heavy atom. The summed E-state index contributed by atoms with van der Waals surface area (Å²) in [7, 11) is 0. The van der Waals surface area contributed by atoms with Crippen molar-refractivity contribution in [3.63, 3.8) is 0 Å². The maximum atomic E-state index is 15.5. The Morgan fingerprint density at radius 3 is 2.47 bits per heavy atom. The van der Waals surface area contributed by atoms with Gasteiger partial charge in [-0.15, -0.1) is 0 Å². The van der Waals surface area contributed by atoms with Gasteiger partial charge in [0.25, 0.3) is 0 Å². The average Bonchev–Trinajstić information content (AvgIpc) is 3.43. The molecular weight excluding hydrogens is 773 g/mol. The van der Waals surface area contributed by atoms with Crippen molar-refractivity contribution in [1.29, 1.82) is 0 Å². The van der Waals surface area contributed by atoms with E-state index in [0.29, 0.717) is 50.4 Å². The van der Waals surface area contributed by atoms with Gasteiger partial charge in [-0.25, -0.2) is 0 Å². The molecule has 332 valence electrons. The van der Waals surface area contributed by atoms with Crippen LogP contribution in [0.25, 0.3) is 11.0 Å². The number of nitrogens with one attached hydrogen (secondary N) is 1. The number of hydrogen-bond acceptors (Lipinski definition) is 6. The van der Waals surface area contributed by atoms with Crippen molar-refractivity contribution in [2.24, 2.45) is 44.8 Å². The monoisotopic (exact) mass is 843 g/mol. The molecule has 9 aliphatic rings. The molecule has 6 aliphatic carbocycles. The number of carbonyl (C=O) groups is 2. The number of carbonyl (C=O) groups excluding carboxylic acids is 2. The number of aromatic amines is 1. The molecule has 8 heteroatoms. The number of ketones is 2. The van der Waals surface area contributed by atoms with Crippen molar-refractivity contribution in [3.05, 3.63) is 81.7 Å². The van der Waals surface area contributed by atoms with E-state index in [1.54, 1.807) is 0 Å². The molecule has 3 aliphatic heterocycles. The summed E-state index contributed by atoms with van der Waals surface area (Å²) in [6.45, 7) is 19.9. The second-order valence-corrected chi connectivity index (χ2v) is 23.7. The molecule has 1 aromatic carbocycles. The number of benzene rings is 1. The number of aliphatic hydroxyl groups is 2. The van der Waals surface area contributed by atoms with Crippen LogP contribution < -0.4 is 0 Å². The Hall–Kier alpha value is -3.30. The highest BCUT2D eigenvalue weighted by Crippen LogP contribution is 2.79. The summed E-state index contributed by atoms with van der Waals surface area (Å²) in [6.07, 6.45) is 17.0. The summed E-state index contributed by atoms with van der Waals surface area (Å²) in [5.74, 6) is 0.670. The molecular formula is C54H70N2O6. The third-order valence-corrected chi connectivity index (χ3v) is 19.5. The Labute approximate surface area is 368 Å². The molecule has 2 saturated heterocycles. The maximum absolute atomic E-state index is 15.5. The van der Waals surface area contributed by atoms with E-state index in [-0.39, 0.29) is 40.5 Å². The first kappa shape index (κ1) is 41.4. The van der Waals surface area contributed by atoms with Crippen molar-refractivity contribution in [2.75, 3.05) is 13.2 Å². The average molecular weight is 843 g/mol. The minimum Gasteiger partial charge on any atom is -0.390 e. The number of H-pyrrole nitrogens is 1. The first-order valence-corrected chi connectivity index (χ1v) is 24.2. The van der Waals surface area contributed by atoms with E-state index in [0.717, 1.165) is 69.2 Å². The highest BCUT2D eigenvalue weighted by molar-refractivity contribution is 6.02. The molecule has 2 bridgehead atoms. The molecule has 3 aromatic rings. The highest BCUT2D eigenvalue weighted by Gasteiger charge is 2.77. The molecule has 8 nitrogen and oxygen atoms in total. The maximum Gasteiger partial charge on any atom is 0.160 e. The number of allylic oxidation sites excluding steroid dienone is 2. The number of ether oxygens (including phenoxy) is 2. The summed E-state index contributed by atoms with van der Waals surface area (Å²) in [5, 5.41) is 26.3. The molecule has 2 aromatic heterocycles. The molecule has 10 atom stereocenters. The van der Waals surface area contributed by atoms with Crippen LogP contribution in [-0.2, 0) is 38.4 Å². The molecule has 12 rings (SSSR count). The largest absolute Gasteiger partial charge is 0.390 e. The van der Waals surface area contributed by atoms with Gasteiger partial charge in [0.1, 0.15) is 11.9 Å². The number of epoxide rings is 1. The Bertz CT molecular complexity index is 2460. The van der Waals surface area contributed by atoms with Crippen LogP contribution in [0.15, 0.2) is 53.9 Å². The van der Waals surface area contributed by atoms with Gasteiger partial charge in [-0.3, -0.25) is 9.59 Å². The van der Waals surface area contributed by atoms with Crippen LogP contribution >= 0.6 is 0 Å². The number of aliphatic hydroxyl groups excluding tert-OH is 1. The second kappa shape index (κ2) is 13.4. The van der Waals surface area contributed by atoms with Gasteiger partial charge in [0, 0.05) is 79.7 Å². The highest BCUT2D eigenvalue weighted by atomic mass is 16.6. The SMILES string of the molecule is Cc1cc(Cc2cn3c4c(c[nH]c24)CC[C@@](C)(C[C@@H](O)[C@H]2OC2(C)C)C2=C4[C@@H](C3)[C@]3(O)C=CC[C@@]4(CC2=O)[C@@]2(C)CC[C@H]4C(C)(C)C(=O)CC[C@@]4(C)[C@@H]32)cc(C2CCOCC2)c1. The van der Waals surface area contributed by atoms with Crippen LogP contribution in [-0.4, -0.2) is 68.0 Å². The van der Waals surface area contributed by atoms with Crippen LogP contribution in [0.1, 0.15) is 146 Å². The van der Waals surface area contributed by atoms with E-state index in [2.05, 4.69) is 93.8 Å². The topological polar surface area (TPSA) is 117 Å². The minimum absolute atomic E-state index is 0.134. The van der Waals surface area contributed by atoms with Crippen molar-refractivity contribution in [2.45, 2.75) is 168 Å². The lowest BCUT2D eigenvalue weighted by molar-refractivity contribution is -0.243. The number of nitrogens with zero attached hydrogens (tertiary/aromatic N) is 1. The van der Waals surface area contributed by atoms with E-state index < -0.39 is 33.6 Å². The first-order chi connectivity index (χ1) is 29.3. The van der Waals surface area contributed by atoms with E-state index >= 15 is 4.79 Å². The number of Topliss-reactive ketones (excluding diaryl/α,β-unsaturated/α-hetero) is 2. The van der Waals surface area contributed by atoms with Gasteiger partial charge < -0.3 is 29.2 Å². The fraction of sp³-hybridized carbons (Fsp3) is 0.667. The zero-order valence-electron chi connectivity index (χ0n) is 38.6. The van der Waals surface area contributed by atoms with Gasteiger partial charge in [-0.2, -0.15) is 0 Å². The Kier molecular flexibility index (Phi) is 8.94. The van der Waals surface area contributed by atoms with Crippen molar-refractivity contribution < 1.29 is 29.3 Å². The van der Waals surface area contributed by atoms with Crippen LogP contribution in [0.5, 0.6) is 0 Å². The van der Waals surface area contributed by atoms with E-state index in [1.807, 2.05) is 13.8 Å². The third-order valence-electron chi connectivity index (χ3n) is 19.5. The Morgan fingerprint density at radius 1 is 0.968 bits per heavy atom. The van der Waals surface area contributed by atoms with E-state index in [9.17, 15) is 15.0 Å². The molecule has 1 spiro atoms. The quantitative estimate of drug-likeness (QED) is 0.168. The Balaban J connectivity index is 1.10. The molecule has 62 heavy (non-hydrogen) atoms. The van der Waals surface area contributed by atoms with Gasteiger partial charge in [0.2, 0.25) is 0 Å². The first-order valence-electron chi connectivity index (χ1n) is 24.2. The smallest absolute Gasteiger partial charge is 0.160 e. The fourth-order valence-electron chi connectivity index (χ4n) is 16.7.